The van der Waals surface area contributed by atoms with Gasteiger partial charge in [-0.3, -0.25) is 9.59 Å². The lowest BCUT2D eigenvalue weighted by Crippen LogP contribution is -2.42. The van der Waals surface area contributed by atoms with E-state index in [0.717, 1.165) is 16.7 Å². The maximum Gasteiger partial charge on any atom is 0.247 e. The number of ether oxygens (including phenoxy) is 1. The molecule has 1 N–H and O–H groups in total. The Kier molecular flexibility index (Phi) is 7.22. The number of hydrogen-bond acceptors (Lipinski definition) is 3. The average molecular weight is 402 g/mol. The van der Waals surface area contributed by atoms with Gasteiger partial charge in [0, 0.05) is 25.6 Å². The Labute approximate surface area is 177 Å². The molecule has 3 rings (SSSR count). The van der Waals surface area contributed by atoms with Crippen molar-refractivity contribution in [1.29, 1.82) is 0 Å². The van der Waals surface area contributed by atoms with Gasteiger partial charge < -0.3 is 15.0 Å². The van der Waals surface area contributed by atoms with Gasteiger partial charge in [-0.2, -0.15) is 0 Å². The minimum absolute atomic E-state index is 0.167. The predicted molar refractivity (Wildman–Crippen MR) is 117 cm³/mol. The molecule has 0 saturated heterocycles. The molecule has 0 fully saturated rings. The summed E-state index contributed by atoms with van der Waals surface area (Å²) in [7, 11) is 1.60. The van der Waals surface area contributed by atoms with Crippen molar-refractivity contribution in [2.75, 3.05) is 7.11 Å². The van der Waals surface area contributed by atoms with E-state index in [0.29, 0.717) is 18.8 Å². The van der Waals surface area contributed by atoms with Gasteiger partial charge in [0.1, 0.15) is 11.8 Å². The monoisotopic (exact) mass is 402 g/mol. The molecule has 0 radical (unpaired) electrons. The van der Waals surface area contributed by atoms with E-state index in [1.807, 2.05) is 84.9 Å². The van der Waals surface area contributed by atoms with Crippen LogP contribution in [0.3, 0.4) is 0 Å². The molecule has 3 aromatic rings. The predicted octanol–water partition coefficient (Wildman–Crippen LogP) is 4.10. The summed E-state index contributed by atoms with van der Waals surface area (Å²) in [4.78, 5) is 27.5. The van der Waals surface area contributed by atoms with Crippen LogP contribution in [0.25, 0.3) is 0 Å². The molecule has 0 aliphatic heterocycles. The highest BCUT2D eigenvalue weighted by molar-refractivity contribution is 5.88. The topological polar surface area (TPSA) is 58.6 Å². The molecule has 3 aromatic carbocycles. The number of methoxy groups -OCH3 is 1. The fourth-order valence-electron chi connectivity index (χ4n) is 3.40. The highest BCUT2D eigenvalue weighted by Gasteiger charge is 2.29. The van der Waals surface area contributed by atoms with Crippen LogP contribution in [0, 0.1) is 0 Å². The number of hydrogen-bond donors (Lipinski definition) is 1. The van der Waals surface area contributed by atoms with Gasteiger partial charge in [0.15, 0.2) is 0 Å². The molecule has 5 nitrogen and oxygen atoms in total. The maximum atomic E-state index is 13.3. The SMILES string of the molecule is COc1ccccc1CNC(=O)[C@H](c1ccccc1)N(Cc1ccccc1)C(C)=O. The minimum atomic E-state index is -0.737. The zero-order valence-corrected chi connectivity index (χ0v) is 17.2. The first-order valence-electron chi connectivity index (χ1n) is 9.86. The van der Waals surface area contributed by atoms with E-state index < -0.39 is 6.04 Å². The number of para-hydroxylation sites is 1. The molecule has 0 heterocycles. The third kappa shape index (κ3) is 5.26. The van der Waals surface area contributed by atoms with Crippen molar-refractivity contribution in [2.45, 2.75) is 26.1 Å². The van der Waals surface area contributed by atoms with Crippen molar-refractivity contribution in [3.8, 4) is 5.75 Å². The maximum absolute atomic E-state index is 13.3. The van der Waals surface area contributed by atoms with Crippen LogP contribution in [0.5, 0.6) is 5.75 Å². The highest BCUT2D eigenvalue weighted by atomic mass is 16.5. The summed E-state index contributed by atoms with van der Waals surface area (Å²) in [5, 5.41) is 2.98. The number of nitrogens with one attached hydrogen (secondary N) is 1. The molecular formula is C25H26N2O3. The van der Waals surface area contributed by atoms with E-state index in [1.54, 1.807) is 12.0 Å². The minimum Gasteiger partial charge on any atom is -0.496 e. The van der Waals surface area contributed by atoms with Gasteiger partial charge in [-0.1, -0.05) is 78.9 Å². The van der Waals surface area contributed by atoms with E-state index in [-0.39, 0.29) is 11.8 Å². The molecule has 1 atom stereocenters. The Balaban J connectivity index is 1.87. The smallest absolute Gasteiger partial charge is 0.247 e. The summed E-state index contributed by atoms with van der Waals surface area (Å²) in [6.07, 6.45) is 0. The number of benzene rings is 3. The normalized spacial score (nSPS) is 11.4. The van der Waals surface area contributed by atoms with Crippen LogP contribution in [-0.2, 0) is 22.7 Å². The second-order valence-corrected chi connectivity index (χ2v) is 6.98. The van der Waals surface area contributed by atoms with Crippen molar-refractivity contribution in [3.63, 3.8) is 0 Å². The first-order valence-corrected chi connectivity index (χ1v) is 9.86. The number of carbonyl (C=O) groups is 2. The Hall–Kier alpha value is -3.60. The number of amides is 2. The van der Waals surface area contributed by atoms with Crippen molar-refractivity contribution in [3.05, 3.63) is 102 Å². The summed E-state index contributed by atoms with van der Waals surface area (Å²) in [6.45, 7) is 2.15. The molecule has 2 amide bonds. The second kappa shape index (κ2) is 10.3. The molecule has 5 heteroatoms. The summed E-state index contributed by atoms with van der Waals surface area (Å²) in [6, 6.07) is 25.9. The Morgan fingerprint density at radius 2 is 1.50 bits per heavy atom. The fourth-order valence-corrected chi connectivity index (χ4v) is 3.40. The standard InChI is InChI=1S/C25H26N2O3/c1-19(28)27(18-20-11-5-3-6-12-20)24(21-13-7-4-8-14-21)25(29)26-17-22-15-9-10-16-23(22)30-2/h3-16,24H,17-18H2,1-2H3,(H,26,29)/t24-/m0/s1. The van der Waals surface area contributed by atoms with Crippen LogP contribution in [0.1, 0.15) is 29.7 Å². The third-order valence-corrected chi connectivity index (χ3v) is 4.92. The molecule has 0 saturated carbocycles. The summed E-state index contributed by atoms with van der Waals surface area (Å²) >= 11 is 0. The van der Waals surface area contributed by atoms with Crippen LogP contribution in [-0.4, -0.2) is 23.8 Å². The molecule has 0 spiro atoms. The van der Waals surface area contributed by atoms with Gasteiger partial charge in [0.25, 0.3) is 0 Å². The van der Waals surface area contributed by atoms with E-state index in [9.17, 15) is 9.59 Å². The van der Waals surface area contributed by atoms with Crippen LogP contribution in [0.2, 0.25) is 0 Å². The molecule has 0 aliphatic carbocycles. The molecule has 0 aromatic heterocycles. The summed E-state index contributed by atoms with van der Waals surface area (Å²) in [5.41, 5.74) is 2.60. The Bertz CT molecular complexity index is 974. The molecular weight excluding hydrogens is 376 g/mol. The number of nitrogens with zero attached hydrogens (tertiary/aromatic N) is 1. The number of carbonyl (C=O) groups excluding carboxylic acids is 2. The first kappa shape index (κ1) is 21.1. The Morgan fingerprint density at radius 3 is 2.13 bits per heavy atom. The van der Waals surface area contributed by atoms with Crippen LogP contribution < -0.4 is 10.1 Å². The molecule has 0 bridgehead atoms. The molecule has 0 unspecified atom stereocenters. The summed E-state index contributed by atoms with van der Waals surface area (Å²) < 4.78 is 5.37. The molecule has 154 valence electrons. The van der Waals surface area contributed by atoms with Crippen LogP contribution >= 0.6 is 0 Å². The average Bonchev–Trinajstić information content (AvgIpc) is 2.78. The van der Waals surface area contributed by atoms with E-state index >= 15 is 0 Å². The number of rotatable bonds is 8. The lowest BCUT2D eigenvalue weighted by atomic mass is 10.0. The quantitative estimate of drug-likeness (QED) is 0.617. The van der Waals surface area contributed by atoms with Crippen molar-refractivity contribution >= 4 is 11.8 Å². The lowest BCUT2D eigenvalue weighted by Gasteiger charge is -2.30. The fraction of sp³-hybridized carbons (Fsp3) is 0.200. The van der Waals surface area contributed by atoms with Crippen molar-refractivity contribution in [1.82, 2.24) is 10.2 Å². The summed E-state index contributed by atoms with van der Waals surface area (Å²) in [5.74, 6) is 0.306. The Morgan fingerprint density at radius 1 is 0.900 bits per heavy atom. The van der Waals surface area contributed by atoms with Crippen LogP contribution in [0.15, 0.2) is 84.9 Å². The van der Waals surface area contributed by atoms with E-state index in [2.05, 4.69) is 5.32 Å². The van der Waals surface area contributed by atoms with Gasteiger partial charge in [-0.25, -0.2) is 0 Å². The zero-order chi connectivity index (χ0) is 21.3. The van der Waals surface area contributed by atoms with Gasteiger partial charge in [0.2, 0.25) is 11.8 Å². The molecule has 30 heavy (non-hydrogen) atoms. The van der Waals surface area contributed by atoms with Crippen molar-refractivity contribution in [2.24, 2.45) is 0 Å². The highest BCUT2D eigenvalue weighted by Crippen LogP contribution is 2.24. The van der Waals surface area contributed by atoms with Gasteiger partial charge in [-0.05, 0) is 17.2 Å². The van der Waals surface area contributed by atoms with Crippen molar-refractivity contribution < 1.29 is 14.3 Å². The first-order chi connectivity index (χ1) is 14.6. The lowest BCUT2D eigenvalue weighted by molar-refractivity contribution is -0.140. The van der Waals surface area contributed by atoms with Gasteiger partial charge >= 0.3 is 0 Å². The largest absolute Gasteiger partial charge is 0.496 e. The van der Waals surface area contributed by atoms with E-state index in [1.165, 1.54) is 6.92 Å². The second-order valence-electron chi connectivity index (χ2n) is 6.98. The molecule has 0 aliphatic rings. The third-order valence-electron chi connectivity index (χ3n) is 4.92. The van der Waals surface area contributed by atoms with Crippen LogP contribution in [0.4, 0.5) is 0 Å². The van der Waals surface area contributed by atoms with Gasteiger partial charge in [-0.15, -0.1) is 0 Å². The zero-order valence-electron chi connectivity index (χ0n) is 17.2. The van der Waals surface area contributed by atoms with E-state index in [4.69, 9.17) is 4.74 Å². The van der Waals surface area contributed by atoms with Gasteiger partial charge in [0.05, 0.1) is 7.11 Å².